The van der Waals surface area contributed by atoms with Gasteiger partial charge in [-0.3, -0.25) is 4.98 Å². The molecule has 2 heteroatoms. The highest BCUT2D eigenvalue weighted by Gasteiger charge is 2.17. The lowest BCUT2D eigenvalue weighted by Gasteiger charge is -2.19. The number of aryl methyl sites for hydroxylation is 1. The topological polar surface area (TPSA) is 36.7 Å². The van der Waals surface area contributed by atoms with E-state index in [9.17, 15) is 0 Å². The van der Waals surface area contributed by atoms with Crippen LogP contribution >= 0.6 is 0 Å². The van der Waals surface area contributed by atoms with E-state index in [1.807, 2.05) is 6.07 Å². The van der Waals surface area contributed by atoms with Gasteiger partial charge in [-0.15, -0.1) is 0 Å². The van der Waals surface area contributed by atoms with Gasteiger partial charge in [0.1, 0.15) is 0 Å². The number of aromatic nitrogens is 1. The van der Waals surface area contributed by atoms with Crippen molar-refractivity contribution >= 4 is 10.9 Å². The summed E-state index contributed by atoms with van der Waals surface area (Å²) >= 11 is 0. The summed E-state index contributed by atoms with van der Waals surface area (Å²) in [5.41, 5.74) is 4.31. The van der Waals surface area contributed by atoms with Gasteiger partial charge in [-0.05, 0) is 30.7 Å². The summed E-state index contributed by atoms with van der Waals surface area (Å²) < 4.78 is 0. The number of pyridine rings is 1. The molecule has 1 heterocycles. The smallest absolute Gasteiger partial charge is 0.0708 e. The van der Waals surface area contributed by atoms with E-state index in [-0.39, 0.29) is 5.41 Å². The Balaban J connectivity index is 2.75. The molecule has 0 aliphatic carbocycles. The van der Waals surface area contributed by atoms with Gasteiger partial charge >= 0.3 is 0 Å². The summed E-state index contributed by atoms with van der Waals surface area (Å²) in [6.07, 6.45) is 0.436. The summed E-state index contributed by atoms with van der Waals surface area (Å²) in [6, 6.07) is 10.5. The number of rotatable bonds is 1. The van der Waals surface area contributed by atoms with E-state index >= 15 is 0 Å². The zero-order chi connectivity index (χ0) is 13.3. The molecule has 0 atom stereocenters. The average Bonchev–Trinajstić information content (AvgIpc) is 2.28. The molecule has 0 saturated carbocycles. The molecule has 0 bridgehead atoms. The number of benzene rings is 1. The number of nitrogens with zero attached hydrogens (tertiary/aromatic N) is 2. The fourth-order valence-electron chi connectivity index (χ4n) is 2.03. The van der Waals surface area contributed by atoms with Gasteiger partial charge in [-0.1, -0.05) is 32.4 Å². The van der Waals surface area contributed by atoms with Crippen LogP contribution in [0, 0.1) is 18.3 Å². The Morgan fingerprint density at radius 2 is 1.94 bits per heavy atom. The highest BCUT2D eigenvalue weighted by Crippen LogP contribution is 2.27. The van der Waals surface area contributed by atoms with Gasteiger partial charge in [-0.2, -0.15) is 5.26 Å². The maximum atomic E-state index is 8.97. The minimum absolute atomic E-state index is 0.00326. The first-order chi connectivity index (χ1) is 8.41. The molecule has 18 heavy (non-hydrogen) atoms. The number of fused-ring (bicyclic) bond motifs is 1. The molecule has 92 valence electrons. The predicted octanol–water partition coefficient (Wildman–Crippen LogP) is 3.91. The molecule has 2 aromatic rings. The van der Waals surface area contributed by atoms with Crippen LogP contribution in [0.15, 0.2) is 24.3 Å². The van der Waals surface area contributed by atoms with E-state index in [1.54, 1.807) is 0 Å². The normalized spacial score (nSPS) is 11.5. The molecular formula is C16H18N2. The number of hydrogen-bond donors (Lipinski definition) is 0. The van der Waals surface area contributed by atoms with Gasteiger partial charge in [-0.25, -0.2) is 0 Å². The van der Waals surface area contributed by atoms with Gasteiger partial charge in [0.15, 0.2) is 0 Å². The highest BCUT2D eigenvalue weighted by atomic mass is 14.7. The maximum absolute atomic E-state index is 8.97. The molecule has 0 fully saturated rings. The third-order valence-electron chi connectivity index (χ3n) is 3.09. The van der Waals surface area contributed by atoms with Gasteiger partial charge in [0.2, 0.25) is 0 Å². The predicted molar refractivity (Wildman–Crippen MR) is 74.5 cm³/mol. The van der Waals surface area contributed by atoms with E-state index in [4.69, 9.17) is 10.2 Å². The first-order valence-corrected chi connectivity index (χ1v) is 6.19. The Bertz CT molecular complexity index is 628. The molecular weight excluding hydrogens is 220 g/mol. The summed E-state index contributed by atoms with van der Waals surface area (Å²) in [7, 11) is 0. The minimum Gasteiger partial charge on any atom is -0.252 e. The zero-order valence-electron chi connectivity index (χ0n) is 11.4. The van der Waals surface area contributed by atoms with Crippen molar-refractivity contribution in [3.8, 4) is 6.07 Å². The fraction of sp³-hybridized carbons (Fsp3) is 0.375. The first kappa shape index (κ1) is 12.6. The molecule has 0 spiro atoms. The Morgan fingerprint density at radius 1 is 1.22 bits per heavy atom. The second-order valence-electron chi connectivity index (χ2n) is 5.77. The lowest BCUT2D eigenvalue weighted by atomic mass is 9.89. The van der Waals surface area contributed by atoms with Crippen LogP contribution in [0.3, 0.4) is 0 Å². The molecule has 0 unspecified atom stereocenters. The molecule has 0 aliphatic rings. The van der Waals surface area contributed by atoms with Crippen molar-refractivity contribution in [1.82, 2.24) is 4.98 Å². The molecule has 0 radical (unpaired) electrons. The van der Waals surface area contributed by atoms with Gasteiger partial charge < -0.3 is 0 Å². The van der Waals surface area contributed by atoms with E-state index < -0.39 is 0 Å². The Hall–Kier alpha value is -1.88. The van der Waals surface area contributed by atoms with Crippen molar-refractivity contribution in [2.75, 3.05) is 0 Å². The van der Waals surface area contributed by atoms with Crippen molar-refractivity contribution in [2.45, 2.75) is 39.5 Å². The van der Waals surface area contributed by atoms with Gasteiger partial charge in [0.05, 0.1) is 18.0 Å². The van der Waals surface area contributed by atoms with Gasteiger partial charge in [0.25, 0.3) is 0 Å². The number of nitriles is 1. The average molecular weight is 238 g/mol. The minimum atomic E-state index is 0.00326. The van der Waals surface area contributed by atoms with Crippen LogP contribution in [-0.4, -0.2) is 4.98 Å². The van der Waals surface area contributed by atoms with Crippen LogP contribution in [0.25, 0.3) is 10.9 Å². The summed E-state index contributed by atoms with van der Waals surface area (Å²) in [6.45, 7) is 8.50. The standard InChI is InChI=1S/C16H18N2/c1-11-5-6-14-13(9-11)12(7-8-17)10-15(18-14)16(2,3)4/h5-6,9-10H,7H2,1-4H3. The zero-order valence-corrected chi connectivity index (χ0v) is 11.4. The van der Waals surface area contributed by atoms with Crippen molar-refractivity contribution in [2.24, 2.45) is 0 Å². The molecule has 1 aromatic carbocycles. The third kappa shape index (κ3) is 2.36. The Kier molecular flexibility index (Phi) is 3.09. The first-order valence-electron chi connectivity index (χ1n) is 6.19. The van der Waals surface area contributed by atoms with Crippen LogP contribution in [-0.2, 0) is 11.8 Å². The van der Waals surface area contributed by atoms with Crippen LogP contribution in [0.4, 0.5) is 0 Å². The van der Waals surface area contributed by atoms with Gasteiger partial charge in [0, 0.05) is 16.5 Å². The molecule has 2 rings (SSSR count). The Morgan fingerprint density at radius 3 is 2.56 bits per heavy atom. The molecule has 1 aromatic heterocycles. The monoisotopic (exact) mass is 238 g/mol. The Labute approximate surface area is 108 Å². The van der Waals surface area contributed by atoms with Crippen molar-refractivity contribution < 1.29 is 0 Å². The van der Waals surface area contributed by atoms with Crippen LogP contribution in [0.5, 0.6) is 0 Å². The maximum Gasteiger partial charge on any atom is 0.0708 e. The van der Waals surface area contributed by atoms with Crippen LogP contribution < -0.4 is 0 Å². The fourth-order valence-corrected chi connectivity index (χ4v) is 2.03. The SMILES string of the molecule is Cc1ccc2nc(C(C)(C)C)cc(CC#N)c2c1. The van der Waals surface area contributed by atoms with E-state index in [0.717, 1.165) is 22.2 Å². The summed E-state index contributed by atoms with van der Waals surface area (Å²) in [5.74, 6) is 0. The highest BCUT2D eigenvalue weighted by molar-refractivity contribution is 5.83. The quantitative estimate of drug-likeness (QED) is 0.755. The molecule has 0 aliphatic heterocycles. The second kappa shape index (κ2) is 4.42. The lowest BCUT2D eigenvalue weighted by molar-refractivity contribution is 0.571. The third-order valence-corrected chi connectivity index (χ3v) is 3.09. The lowest BCUT2D eigenvalue weighted by Crippen LogP contribution is -2.14. The van der Waals surface area contributed by atoms with Crippen LogP contribution in [0.2, 0.25) is 0 Å². The molecule has 0 amide bonds. The van der Waals surface area contributed by atoms with Crippen molar-refractivity contribution in [1.29, 1.82) is 5.26 Å². The second-order valence-corrected chi connectivity index (χ2v) is 5.77. The molecule has 2 nitrogen and oxygen atoms in total. The number of hydrogen-bond acceptors (Lipinski definition) is 2. The van der Waals surface area contributed by atoms with Crippen molar-refractivity contribution in [3.63, 3.8) is 0 Å². The van der Waals surface area contributed by atoms with Crippen LogP contribution in [0.1, 0.15) is 37.6 Å². The molecule has 0 N–H and O–H groups in total. The van der Waals surface area contributed by atoms with E-state index in [0.29, 0.717) is 6.42 Å². The van der Waals surface area contributed by atoms with E-state index in [1.165, 1.54) is 5.56 Å². The summed E-state index contributed by atoms with van der Waals surface area (Å²) in [4.78, 5) is 4.72. The van der Waals surface area contributed by atoms with E-state index in [2.05, 4.69) is 52.0 Å². The summed E-state index contributed by atoms with van der Waals surface area (Å²) in [5, 5.41) is 10.1. The van der Waals surface area contributed by atoms with Crippen molar-refractivity contribution in [3.05, 3.63) is 41.1 Å². The largest absolute Gasteiger partial charge is 0.252 e. The molecule has 0 saturated heterocycles.